The van der Waals surface area contributed by atoms with Crippen molar-refractivity contribution in [1.29, 1.82) is 0 Å². The molecule has 0 fully saturated rings. The third kappa shape index (κ3) is 2.80. The molecule has 0 N–H and O–H groups in total. The quantitative estimate of drug-likeness (QED) is 0.709. The van der Waals surface area contributed by atoms with Crippen LogP contribution in [0.25, 0.3) is 0 Å². The lowest BCUT2D eigenvalue weighted by atomic mass is 9.75. The lowest BCUT2D eigenvalue weighted by Crippen LogP contribution is -2.34. The van der Waals surface area contributed by atoms with Gasteiger partial charge in [0.1, 0.15) is 11.9 Å². The Labute approximate surface area is 131 Å². The van der Waals surface area contributed by atoms with Gasteiger partial charge in [-0.1, -0.05) is 55.5 Å². The standard InChI is InChI=1S/C19H21ClO/c1-2-19(14-20,16-9-4-3-5-10-16)13-17-12-15-8-6-7-11-18(15)21-17/h3-11,17H,2,12-14H2,1H3. The van der Waals surface area contributed by atoms with Crippen molar-refractivity contribution in [1.82, 2.24) is 0 Å². The van der Waals surface area contributed by atoms with Crippen LogP contribution >= 0.6 is 11.6 Å². The van der Waals surface area contributed by atoms with Crippen LogP contribution in [0.1, 0.15) is 30.9 Å². The topological polar surface area (TPSA) is 9.23 Å². The summed E-state index contributed by atoms with van der Waals surface area (Å²) >= 11 is 6.39. The summed E-state index contributed by atoms with van der Waals surface area (Å²) in [5, 5.41) is 0. The zero-order valence-electron chi connectivity index (χ0n) is 12.4. The second-order valence-electron chi connectivity index (χ2n) is 5.89. The van der Waals surface area contributed by atoms with Gasteiger partial charge in [-0.3, -0.25) is 0 Å². The van der Waals surface area contributed by atoms with Gasteiger partial charge in [-0.25, -0.2) is 0 Å². The highest BCUT2D eigenvalue weighted by atomic mass is 35.5. The first-order valence-electron chi connectivity index (χ1n) is 7.63. The lowest BCUT2D eigenvalue weighted by Gasteiger charge is -2.33. The van der Waals surface area contributed by atoms with E-state index in [0.29, 0.717) is 5.88 Å². The van der Waals surface area contributed by atoms with Gasteiger partial charge in [0.25, 0.3) is 0 Å². The average Bonchev–Trinajstić information content (AvgIpc) is 2.96. The molecule has 1 heterocycles. The molecule has 1 nitrogen and oxygen atoms in total. The molecule has 1 aliphatic heterocycles. The number of alkyl halides is 1. The first kappa shape index (κ1) is 14.5. The molecule has 0 saturated carbocycles. The number of hydrogen-bond acceptors (Lipinski definition) is 1. The molecule has 0 aliphatic carbocycles. The fraction of sp³-hybridized carbons (Fsp3) is 0.368. The second kappa shape index (κ2) is 6.11. The Hall–Kier alpha value is -1.47. The fourth-order valence-electron chi connectivity index (χ4n) is 3.29. The van der Waals surface area contributed by atoms with Crippen LogP contribution in [0.3, 0.4) is 0 Å². The molecule has 21 heavy (non-hydrogen) atoms. The van der Waals surface area contributed by atoms with Crippen LogP contribution in [0.2, 0.25) is 0 Å². The highest BCUT2D eigenvalue weighted by molar-refractivity contribution is 6.18. The van der Waals surface area contributed by atoms with Crippen LogP contribution in [-0.4, -0.2) is 12.0 Å². The van der Waals surface area contributed by atoms with Crippen LogP contribution in [0.15, 0.2) is 54.6 Å². The van der Waals surface area contributed by atoms with Gasteiger partial charge in [-0.2, -0.15) is 0 Å². The molecule has 1 aliphatic rings. The number of ether oxygens (including phenoxy) is 1. The Bertz CT molecular complexity index is 565. The van der Waals surface area contributed by atoms with Crippen LogP contribution in [0.4, 0.5) is 0 Å². The van der Waals surface area contributed by atoms with E-state index >= 15 is 0 Å². The summed E-state index contributed by atoms with van der Waals surface area (Å²) in [6.45, 7) is 2.22. The number of fused-ring (bicyclic) bond motifs is 1. The monoisotopic (exact) mass is 300 g/mol. The van der Waals surface area contributed by atoms with E-state index in [1.807, 2.05) is 6.07 Å². The van der Waals surface area contributed by atoms with Gasteiger partial charge in [0.2, 0.25) is 0 Å². The van der Waals surface area contributed by atoms with E-state index in [4.69, 9.17) is 16.3 Å². The van der Waals surface area contributed by atoms with E-state index in [-0.39, 0.29) is 11.5 Å². The van der Waals surface area contributed by atoms with Crippen LogP contribution in [-0.2, 0) is 11.8 Å². The fourth-order valence-corrected chi connectivity index (χ4v) is 3.74. The van der Waals surface area contributed by atoms with E-state index in [2.05, 4.69) is 55.5 Å². The van der Waals surface area contributed by atoms with Crippen LogP contribution < -0.4 is 4.74 Å². The predicted octanol–water partition coefficient (Wildman–Crippen LogP) is 4.97. The molecule has 0 bridgehead atoms. The molecule has 0 radical (unpaired) electrons. The van der Waals surface area contributed by atoms with Gasteiger partial charge in [-0.15, -0.1) is 11.6 Å². The largest absolute Gasteiger partial charge is 0.490 e. The third-order valence-corrected chi connectivity index (χ3v) is 5.16. The summed E-state index contributed by atoms with van der Waals surface area (Å²) in [6, 6.07) is 19.0. The van der Waals surface area contributed by atoms with Gasteiger partial charge in [0.05, 0.1) is 0 Å². The average molecular weight is 301 g/mol. The zero-order valence-corrected chi connectivity index (χ0v) is 13.1. The molecule has 2 atom stereocenters. The molecular formula is C19H21ClO. The Morgan fingerprint density at radius 2 is 1.81 bits per heavy atom. The number of benzene rings is 2. The van der Waals surface area contributed by atoms with Crippen LogP contribution in [0.5, 0.6) is 5.75 Å². The predicted molar refractivity (Wildman–Crippen MR) is 88.3 cm³/mol. The van der Waals surface area contributed by atoms with Crippen molar-refractivity contribution in [3.8, 4) is 5.75 Å². The van der Waals surface area contributed by atoms with Crippen molar-refractivity contribution in [3.05, 3.63) is 65.7 Å². The van der Waals surface area contributed by atoms with Crippen molar-refractivity contribution in [3.63, 3.8) is 0 Å². The van der Waals surface area contributed by atoms with Gasteiger partial charge in [0, 0.05) is 17.7 Å². The maximum Gasteiger partial charge on any atom is 0.123 e. The van der Waals surface area contributed by atoms with E-state index in [1.54, 1.807) is 0 Å². The molecule has 2 unspecified atom stereocenters. The maximum atomic E-state index is 6.39. The number of halogens is 1. The third-order valence-electron chi connectivity index (χ3n) is 4.65. The molecule has 0 aromatic heterocycles. The molecule has 2 aromatic carbocycles. The zero-order chi connectivity index (χ0) is 14.7. The van der Waals surface area contributed by atoms with Crippen molar-refractivity contribution in [2.24, 2.45) is 0 Å². The highest BCUT2D eigenvalue weighted by Gasteiger charge is 2.35. The molecule has 110 valence electrons. The smallest absolute Gasteiger partial charge is 0.123 e. The normalized spacial score (nSPS) is 19.6. The number of rotatable bonds is 5. The highest BCUT2D eigenvalue weighted by Crippen LogP contribution is 2.39. The first-order valence-corrected chi connectivity index (χ1v) is 8.17. The SMILES string of the molecule is CCC(CCl)(CC1Cc2ccccc2O1)c1ccccc1. The Morgan fingerprint density at radius 1 is 1.10 bits per heavy atom. The minimum absolute atomic E-state index is 0.00444. The maximum absolute atomic E-state index is 6.39. The van der Waals surface area contributed by atoms with Gasteiger partial charge < -0.3 is 4.74 Å². The van der Waals surface area contributed by atoms with Gasteiger partial charge in [-0.05, 0) is 30.0 Å². The number of hydrogen-bond donors (Lipinski definition) is 0. The molecule has 0 saturated heterocycles. The molecular weight excluding hydrogens is 280 g/mol. The van der Waals surface area contributed by atoms with E-state index < -0.39 is 0 Å². The second-order valence-corrected chi connectivity index (χ2v) is 6.16. The van der Waals surface area contributed by atoms with E-state index in [1.165, 1.54) is 11.1 Å². The molecule has 0 spiro atoms. The Balaban J connectivity index is 1.82. The van der Waals surface area contributed by atoms with Crippen molar-refractivity contribution < 1.29 is 4.74 Å². The molecule has 2 aromatic rings. The van der Waals surface area contributed by atoms with Gasteiger partial charge >= 0.3 is 0 Å². The summed E-state index contributed by atoms with van der Waals surface area (Å²) in [5.74, 6) is 1.67. The lowest BCUT2D eigenvalue weighted by molar-refractivity contribution is 0.182. The van der Waals surface area contributed by atoms with Gasteiger partial charge in [0.15, 0.2) is 0 Å². The number of para-hydroxylation sites is 1. The van der Waals surface area contributed by atoms with Crippen LogP contribution in [0, 0.1) is 0 Å². The Kier molecular flexibility index (Phi) is 4.21. The Morgan fingerprint density at radius 3 is 2.48 bits per heavy atom. The molecule has 3 rings (SSSR count). The summed E-state index contributed by atoms with van der Waals surface area (Å²) in [4.78, 5) is 0. The molecule has 2 heteroatoms. The summed E-state index contributed by atoms with van der Waals surface area (Å²) in [5.41, 5.74) is 2.63. The van der Waals surface area contributed by atoms with Crippen molar-refractivity contribution in [2.75, 3.05) is 5.88 Å². The van der Waals surface area contributed by atoms with Crippen molar-refractivity contribution in [2.45, 2.75) is 37.7 Å². The first-order chi connectivity index (χ1) is 10.3. The van der Waals surface area contributed by atoms with E-state index in [0.717, 1.165) is 25.0 Å². The van der Waals surface area contributed by atoms with Crippen molar-refractivity contribution >= 4 is 11.6 Å². The summed E-state index contributed by atoms with van der Waals surface area (Å²) in [6.07, 6.45) is 3.20. The summed E-state index contributed by atoms with van der Waals surface area (Å²) in [7, 11) is 0. The van der Waals surface area contributed by atoms with E-state index in [9.17, 15) is 0 Å². The molecule has 0 amide bonds. The minimum atomic E-state index is -0.00444. The minimum Gasteiger partial charge on any atom is -0.490 e. The summed E-state index contributed by atoms with van der Waals surface area (Å²) < 4.78 is 6.13.